The van der Waals surface area contributed by atoms with Gasteiger partial charge >= 0.3 is 6.09 Å². The van der Waals surface area contributed by atoms with Gasteiger partial charge in [0, 0.05) is 0 Å². The predicted octanol–water partition coefficient (Wildman–Crippen LogP) is 4.63. The molecule has 0 saturated carbocycles. The standard InChI is InChI=1S/C20H23NO3/c1-3-4-10-19(17-11-13-18(23-2)14-12-17)21-20(22)24-15-16-8-6-5-7-9-16/h3,5-9,11-14,19H,1,4,10,15H2,2H3,(H,21,22)/t19-/m1/s1. The first-order chi connectivity index (χ1) is 11.7. The normalized spacial score (nSPS) is 11.4. The lowest BCUT2D eigenvalue weighted by Gasteiger charge is -2.19. The lowest BCUT2D eigenvalue weighted by Crippen LogP contribution is -2.29. The SMILES string of the molecule is C=CCC[C@@H](NC(=O)OCc1ccccc1)c1ccc(OC)cc1. The van der Waals surface area contributed by atoms with Crippen LogP contribution in [0.2, 0.25) is 0 Å². The van der Waals surface area contributed by atoms with Crippen molar-refractivity contribution in [1.29, 1.82) is 0 Å². The number of nitrogens with one attached hydrogen (secondary N) is 1. The van der Waals surface area contributed by atoms with Crippen molar-refractivity contribution in [2.75, 3.05) is 7.11 Å². The first-order valence-corrected chi connectivity index (χ1v) is 7.95. The number of benzene rings is 2. The molecule has 1 amide bonds. The van der Waals surface area contributed by atoms with Gasteiger partial charge in [-0.15, -0.1) is 6.58 Å². The fraction of sp³-hybridized carbons (Fsp3) is 0.250. The molecule has 0 radical (unpaired) electrons. The Morgan fingerprint density at radius 1 is 1.17 bits per heavy atom. The molecule has 0 heterocycles. The summed E-state index contributed by atoms with van der Waals surface area (Å²) in [6, 6.07) is 17.1. The van der Waals surface area contributed by atoms with Crippen LogP contribution in [0.5, 0.6) is 5.75 Å². The van der Waals surface area contributed by atoms with E-state index in [4.69, 9.17) is 9.47 Å². The number of carbonyl (C=O) groups excluding carboxylic acids is 1. The van der Waals surface area contributed by atoms with Crippen LogP contribution in [0.25, 0.3) is 0 Å². The molecule has 24 heavy (non-hydrogen) atoms. The van der Waals surface area contributed by atoms with Crippen molar-refractivity contribution in [3.05, 3.63) is 78.4 Å². The fourth-order valence-electron chi connectivity index (χ4n) is 2.35. The maximum Gasteiger partial charge on any atom is 0.407 e. The molecule has 2 rings (SSSR count). The van der Waals surface area contributed by atoms with Crippen LogP contribution >= 0.6 is 0 Å². The van der Waals surface area contributed by atoms with Gasteiger partial charge in [0.25, 0.3) is 0 Å². The molecule has 2 aromatic rings. The molecule has 1 N–H and O–H groups in total. The number of allylic oxidation sites excluding steroid dienone is 1. The quantitative estimate of drug-likeness (QED) is 0.720. The van der Waals surface area contributed by atoms with Crippen molar-refractivity contribution in [3.8, 4) is 5.75 Å². The maximum atomic E-state index is 12.1. The molecule has 0 aliphatic carbocycles. The Kier molecular flexibility index (Phi) is 6.90. The molecule has 0 aliphatic rings. The van der Waals surface area contributed by atoms with Gasteiger partial charge in [0.2, 0.25) is 0 Å². The number of hydrogen-bond acceptors (Lipinski definition) is 3. The Bertz CT molecular complexity index is 638. The summed E-state index contributed by atoms with van der Waals surface area (Å²) in [7, 11) is 1.63. The van der Waals surface area contributed by atoms with Crippen molar-refractivity contribution in [2.45, 2.75) is 25.5 Å². The molecule has 0 fully saturated rings. The van der Waals surface area contributed by atoms with Crippen LogP contribution in [-0.4, -0.2) is 13.2 Å². The maximum absolute atomic E-state index is 12.1. The molecule has 0 aliphatic heterocycles. The Balaban J connectivity index is 1.96. The molecule has 0 spiro atoms. The highest BCUT2D eigenvalue weighted by molar-refractivity contribution is 5.68. The molecule has 0 aromatic heterocycles. The third-order valence-corrected chi connectivity index (χ3v) is 3.68. The van der Waals surface area contributed by atoms with Crippen molar-refractivity contribution < 1.29 is 14.3 Å². The molecule has 0 bridgehead atoms. The Morgan fingerprint density at radius 2 is 1.88 bits per heavy atom. The number of alkyl carbamates (subject to hydrolysis) is 1. The van der Waals surface area contributed by atoms with Crippen LogP contribution < -0.4 is 10.1 Å². The van der Waals surface area contributed by atoms with Crippen molar-refractivity contribution in [2.24, 2.45) is 0 Å². The van der Waals surface area contributed by atoms with E-state index >= 15 is 0 Å². The predicted molar refractivity (Wildman–Crippen MR) is 94.9 cm³/mol. The second-order valence-electron chi connectivity index (χ2n) is 5.40. The summed E-state index contributed by atoms with van der Waals surface area (Å²) in [6.07, 6.45) is 2.98. The first kappa shape index (κ1) is 17.6. The number of rotatable bonds is 8. The van der Waals surface area contributed by atoms with E-state index in [1.807, 2.05) is 60.7 Å². The molecular weight excluding hydrogens is 302 g/mol. The number of carbonyl (C=O) groups is 1. The summed E-state index contributed by atoms with van der Waals surface area (Å²) in [5.41, 5.74) is 1.97. The Hall–Kier alpha value is -2.75. The van der Waals surface area contributed by atoms with Gasteiger partial charge < -0.3 is 14.8 Å². The number of amides is 1. The molecule has 0 unspecified atom stereocenters. The zero-order valence-corrected chi connectivity index (χ0v) is 13.9. The van der Waals surface area contributed by atoms with Gasteiger partial charge in [-0.05, 0) is 36.1 Å². The molecule has 2 aromatic carbocycles. The van der Waals surface area contributed by atoms with Gasteiger partial charge in [0.05, 0.1) is 13.2 Å². The summed E-state index contributed by atoms with van der Waals surface area (Å²) in [5, 5.41) is 2.93. The van der Waals surface area contributed by atoms with Gasteiger partial charge in [-0.25, -0.2) is 4.79 Å². The zero-order valence-electron chi connectivity index (χ0n) is 13.9. The smallest absolute Gasteiger partial charge is 0.407 e. The second kappa shape index (κ2) is 9.40. The van der Waals surface area contributed by atoms with Gasteiger partial charge in [-0.1, -0.05) is 48.5 Å². The molecule has 0 saturated heterocycles. The lowest BCUT2D eigenvalue weighted by atomic mass is 10.0. The summed E-state index contributed by atoms with van der Waals surface area (Å²) >= 11 is 0. The van der Waals surface area contributed by atoms with Crippen LogP contribution in [-0.2, 0) is 11.3 Å². The Morgan fingerprint density at radius 3 is 2.50 bits per heavy atom. The largest absolute Gasteiger partial charge is 0.497 e. The van der Waals surface area contributed by atoms with E-state index in [1.54, 1.807) is 7.11 Å². The van der Waals surface area contributed by atoms with Gasteiger partial charge in [-0.3, -0.25) is 0 Å². The van der Waals surface area contributed by atoms with Crippen molar-refractivity contribution in [1.82, 2.24) is 5.32 Å². The second-order valence-corrected chi connectivity index (χ2v) is 5.40. The molecule has 1 atom stereocenters. The first-order valence-electron chi connectivity index (χ1n) is 7.95. The average molecular weight is 325 g/mol. The topological polar surface area (TPSA) is 47.6 Å². The summed E-state index contributed by atoms with van der Waals surface area (Å²) in [6.45, 7) is 4.00. The molecule has 126 valence electrons. The van der Waals surface area contributed by atoms with Crippen molar-refractivity contribution in [3.63, 3.8) is 0 Å². The molecule has 4 nitrogen and oxygen atoms in total. The zero-order chi connectivity index (χ0) is 17.2. The van der Waals surface area contributed by atoms with Gasteiger partial charge in [-0.2, -0.15) is 0 Å². The molecular formula is C20H23NO3. The minimum Gasteiger partial charge on any atom is -0.497 e. The van der Waals surface area contributed by atoms with Crippen LogP contribution in [0, 0.1) is 0 Å². The van der Waals surface area contributed by atoms with E-state index < -0.39 is 6.09 Å². The summed E-state index contributed by atoms with van der Waals surface area (Å²) in [5.74, 6) is 0.785. The van der Waals surface area contributed by atoms with Crippen LogP contribution in [0.15, 0.2) is 67.3 Å². The number of methoxy groups -OCH3 is 1. The third kappa shape index (κ3) is 5.47. The van der Waals surface area contributed by atoms with Crippen LogP contribution in [0.4, 0.5) is 4.79 Å². The lowest BCUT2D eigenvalue weighted by molar-refractivity contribution is 0.135. The van der Waals surface area contributed by atoms with Crippen molar-refractivity contribution >= 4 is 6.09 Å². The van der Waals surface area contributed by atoms with E-state index in [-0.39, 0.29) is 12.6 Å². The van der Waals surface area contributed by atoms with E-state index in [2.05, 4.69) is 11.9 Å². The van der Waals surface area contributed by atoms with E-state index in [9.17, 15) is 4.79 Å². The summed E-state index contributed by atoms with van der Waals surface area (Å²) < 4.78 is 10.5. The Labute approximate surface area is 143 Å². The minimum absolute atomic E-state index is 0.128. The van der Waals surface area contributed by atoms with E-state index in [1.165, 1.54) is 0 Å². The number of ether oxygens (including phenoxy) is 2. The van der Waals surface area contributed by atoms with Gasteiger partial charge in [0.1, 0.15) is 12.4 Å². The van der Waals surface area contributed by atoms with E-state index in [0.717, 1.165) is 29.7 Å². The highest BCUT2D eigenvalue weighted by Crippen LogP contribution is 2.22. The highest BCUT2D eigenvalue weighted by atomic mass is 16.5. The average Bonchev–Trinajstić information content (AvgIpc) is 2.64. The highest BCUT2D eigenvalue weighted by Gasteiger charge is 2.15. The monoisotopic (exact) mass is 325 g/mol. The van der Waals surface area contributed by atoms with Gasteiger partial charge in [0.15, 0.2) is 0 Å². The summed E-state index contributed by atoms with van der Waals surface area (Å²) in [4.78, 5) is 12.1. The van der Waals surface area contributed by atoms with Crippen LogP contribution in [0.1, 0.15) is 30.0 Å². The minimum atomic E-state index is -0.427. The molecule has 4 heteroatoms. The fourth-order valence-corrected chi connectivity index (χ4v) is 2.35. The third-order valence-electron chi connectivity index (χ3n) is 3.68. The number of hydrogen-bond donors (Lipinski definition) is 1. The van der Waals surface area contributed by atoms with Crippen LogP contribution in [0.3, 0.4) is 0 Å². The van der Waals surface area contributed by atoms with E-state index in [0.29, 0.717) is 0 Å².